The maximum Gasteiger partial charge on any atom is 0.264 e. The maximum absolute atomic E-state index is 11.9. The maximum atomic E-state index is 11.9. The van der Waals surface area contributed by atoms with Gasteiger partial charge in [0.25, 0.3) is 10.1 Å². The second-order valence-electron chi connectivity index (χ2n) is 8.74. The first-order chi connectivity index (χ1) is 16.5. The summed E-state index contributed by atoms with van der Waals surface area (Å²) in [6.45, 7) is 0.00288. The molecule has 0 N–H and O–H groups in total. The first-order valence-corrected chi connectivity index (χ1v) is 14.5. The quantitative estimate of drug-likeness (QED) is 0.329. The third kappa shape index (κ3) is 5.21. The molecule has 2 aromatic carbocycles. The van der Waals surface area contributed by atoms with Crippen LogP contribution in [-0.4, -0.2) is 56.2 Å². The zero-order valence-corrected chi connectivity index (χ0v) is 20.7. The van der Waals surface area contributed by atoms with Crippen molar-refractivity contribution in [3.63, 3.8) is 0 Å². The molecule has 0 aliphatic heterocycles. The topological polar surface area (TPSA) is 117 Å². The van der Waals surface area contributed by atoms with Crippen molar-refractivity contribution in [2.75, 3.05) is 19.1 Å². The largest absolute Gasteiger partial charge is 0.485 e. The van der Waals surface area contributed by atoms with Gasteiger partial charge in [-0.1, -0.05) is 24.3 Å². The zero-order chi connectivity index (χ0) is 24.8. The third-order valence-corrected chi connectivity index (χ3v) is 7.45. The van der Waals surface area contributed by atoms with Crippen LogP contribution < -0.4 is 4.74 Å². The van der Waals surface area contributed by atoms with E-state index in [0.717, 1.165) is 41.4 Å². The minimum absolute atomic E-state index is 0.00288. The van der Waals surface area contributed by atoms with Gasteiger partial charge in [0.05, 0.1) is 17.3 Å². The van der Waals surface area contributed by atoms with Crippen molar-refractivity contribution in [3.05, 3.63) is 67.1 Å². The van der Waals surface area contributed by atoms with Gasteiger partial charge in [0, 0.05) is 29.8 Å². The standard InChI is InChI=1S/C24H23N3O6S2/c1-34(28,29)21-5-3-4-18(12-21)22-14-26-27-15-19(13-25-23(22)27)17-6-8-20(9-7-17)33-24(10-11-24)16-32-35(2,30)31/h3-9,12-15H,10-11,16H2,1-2H3. The number of nitrogens with zero attached hydrogens (tertiary/aromatic N) is 3. The molecule has 4 aromatic rings. The Morgan fingerprint density at radius 1 is 0.943 bits per heavy atom. The molecule has 1 aliphatic carbocycles. The van der Waals surface area contributed by atoms with E-state index < -0.39 is 25.6 Å². The van der Waals surface area contributed by atoms with E-state index in [9.17, 15) is 16.8 Å². The summed E-state index contributed by atoms with van der Waals surface area (Å²) in [5, 5.41) is 4.40. The number of aromatic nitrogens is 3. The number of fused-ring (bicyclic) bond motifs is 1. The smallest absolute Gasteiger partial charge is 0.264 e. The average molecular weight is 514 g/mol. The molecule has 0 amide bonds. The summed E-state index contributed by atoms with van der Waals surface area (Å²) < 4.78 is 59.0. The molecule has 1 saturated carbocycles. The minimum Gasteiger partial charge on any atom is -0.485 e. The second kappa shape index (κ2) is 8.43. The van der Waals surface area contributed by atoms with Crippen molar-refractivity contribution >= 4 is 25.6 Å². The molecule has 0 bridgehead atoms. The van der Waals surface area contributed by atoms with E-state index in [1.165, 1.54) is 6.26 Å². The van der Waals surface area contributed by atoms with Crippen LogP contribution in [0, 0.1) is 0 Å². The first-order valence-electron chi connectivity index (χ1n) is 10.8. The lowest BCUT2D eigenvalue weighted by Gasteiger charge is -2.17. The average Bonchev–Trinajstić information content (AvgIpc) is 3.45. The Balaban J connectivity index is 1.36. The third-order valence-electron chi connectivity index (χ3n) is 5.80. The molecule has 0 atom stereocenters. The van der Waals surface area contributed by atoms with Crippen LogP contribution in [0.3, 0.4) is 0 Å². The van der Waals surface area contributed by atoms with Crippen molar-refractivity contribution in [2.24, 2.45) is 0 Å². The zero-order valence-electron chi connectivity index (χ0n) is 19.1. The molecule has 0 spiro atoms. The summed E-state index contributed by atoms with van der Waals surface area (Å²) >= 11 is 0. The Hall–Kier alpha value is -3.28. The van der Waals surface area contributed by atoms with Crippen molar-refractivity contribution < 1.29 is 25.8 Å². The van der Waals surface area contributed by atoms with E-state index in [-0.39, 0.29) is 11.5 Å². The van der Waals surface area contributed by atoms with Gasteiger partial charge in [-0.25, -0.2) is 17.9 Å². The molecule has 1 fully saturated rings. The summed E-state index contributed by atoms with van der Waals surface area (Å²) in [4.78, 5) is 4.81. The summed E-state index contributed by atoms with van der Waals surface area (Å²) in [6, 6.07) is 14.1. The second-order valence-corrected chi connectivity index (χ2v) is 12.4. The Bertz CT molecular complexity index is 1620. The summed E-state index contributed by atoms with van der Waals surface area (Å²) in [6.07, 6.45) is 8.93. The molecule has 9 nitrogen and oxygen atoms in total. The molecule has 2 aromatic heterocycles. The Labute approximate surface area is 203 Å². The normalized spacial score (nSPS) is 15.3. The van der Waals surface area contributed by atoms with Crippen LogP contribution in [-0.2, 0) is 24.1 Å². The molecule has 5 rings (SSSR count). The monoisotopic (exact) mass is 513 g/mol. The Kier molecular flexibility index (Phi) is 5.65. The highest BCUT2D eigenvalue weighted by molar-refractivity contribution is 7.90. The van der Waals surface area contributed by atoms with Gasteiger partial charge in [-0.05, 0) is 48.2 Å². The van der Waals surface area contributed by atoms with Crippen molar-refractivity contribution in [2.45, 2.75) is 23.3 Å². The lowest BCUT2D eigenvalue weighted by Crippen LogP contribution is -2.26. The molecule has 1 aliphatic rings. The van der Waals surface area contributed by atoms with E-state index in [2.05, 4.69) is 10.1 Å². The van der Waals surface area contributed by atoms with Gasteiger partial charge in [-0.15, -0.1) is 0 Å². The van der Waals surface area contributed by atoms with Gasteiger partial charge in [-0.3, -0.25) is 4.18 Å². The van der Waals surface area contributed by atoms with Crippen LogP contribution >= 0.6 is 0 Å². The first kappa shape index (κ1) is 23.5. The number of hydrogen-bond acceptors (Lipinski definition) is 8. The number of hydrogen-bond donors (Lipinski definition) is 0. The van der Waals surface area contributed by atoms with E-state index in [4.69, 9.17) is 8.92 Å². The van der Waals surface area contributed by atoms with Crippen LogP contribution in [0.15, 0.2) is 72.0 Å². The van der Waals surface area contributed by atoms with Crippen LogP contribution in [0.5, 0.6) is 5.75 Å². The Morgan fingerprint density at radius 3 is 2.34 bits per heavy atom. The lowest BCUT2D eigenvalue weighted by molar-refractivity contribution is 0.112. The molecule has 2 heterocycles. The minimum atomic E-state index is -3.52. The van der Waals surface area contributed by atoms with Crippen molar-refractivity contribution in [1.82, 2.24) is 14.6 Å². The summed E-state index contributed by atoms with van der Waals surface area (Å²) in [5.41, 5.74) is 3.21. The van der Waals surface area contributed by atoms with Crippen LogP contribution in [0.4, 0.5) is 0 Å². The fraction of sp³-hybridized carbons (Fsp3) is 0.250. The highest BCUT2D eigenvalue weighted by atomic mass is 32.2. The molecular weight excluding hydrogens is 490 g/mol. The number of rotatable bonds is 8. The van der Waals surface area contributed by atoms with Crippen LogP contribution in [0.25, 0.3) is 27.9 Å². The van der Waals surface area contributed by atoms with E-state index >= 15 is 0 Å². The molecule has 11 heteroatoms. The number of benzene rings is 2. The predicted octanol–water partition coefficient (Wildman–Crippen LogP) is 3.35. The van der Waals surface area contributed by atoms with Gasteiger partial charge in [0.2, 0.25) is 0 Å². The van der Waals surface area contributed by atoms with Gasteiger partial charge in [0.15, 0.2) is 15.5 Å². The lowest BCUT2D eigenvalue weighted by atomic mass is 10.1. The van der Waals surface area contributed by atoms with Gasteiger partial charge in [0.1, 0.15) is 18.0 Å². The summed E-state index contributed by atoms with van der Waals surface area (Å²) in [7, 11) is -6.84. The highest BCUT2D eigenvalue weighted by Gasteiger charge is 2.47. The van der Waals surface area contributed by atoms with E-state index in [0.29, 0.717) is 11.4 Å². The molecule has 182 valence electrons. The molecule has 0 saturated heterocycles. The summed E-state index contributed by atoms with van der Waals surface area (Å²) in [5.74, 6) is 0.629. The molecule has 0 radical (unpaired) electrons. The molecular formula is C24H23N3O6S2. The number of ether oxygens (including phenoxy) is 1. The fourth-order valence-corrected chi connectivity index (χ4v) is 4.81. The predicted molar refractivity (Wildman–Crippen MR) is 130 cm³/mol. The van der Waals surface area contributed by atoms with E-state index in [1.54, 1.807) is 35.1 Å². The van der Waals surface area contributed by atoms with Gasteiger partial charge < -0.3 is 4.74 Å². The highest BCUT2D eigenvalue weighted by Crippen LogP contribution is 2.41. The molecule has 0 unspecified atom stereocenters. The number of sulfone groups is 1. The van der Waals surface area contributed by atoms with E-state index in [1.807, 2.05) is 36.5 Å². The fourth-order valence-electron chi connectivity index (χ4n) is 3.72. The molecule has 35 heavy (non-hydrogen) atoms. The van der Waals surface area contributed by atoms with Crippen molar-refractivity contribution in [3.8, 4) is 28.0 Å². The van der Waals surface area contributed by atoms with Crippen LogP contribution in [0.2, 0.25) is 0 Å². The van der Waals surface area contributed by atoms with Crippen LogP contribution in [0.1, 0.15) is 12.8 Å². The SMILES string of the molecule is CS(=O)(=O)OCC1(Oc2ccc(-c3cnc4c(-c5cccc(S(C)(=O)=O)c5)cnn4c3)cc2)CC1. The van der Waals surface area contributed by atoms with Crippen molar-refractivity contribution in [1.29, 1.82) is 0 Å². The van der Waals surface area contributed by atoms with Gasteiger partial charge in [-0.2, -0.15) is 13.5 Å². The van der Waals surface area contributed by atoms with Gasteiger partial charge >= 0.3 is 0 Å². The Morgan fingerprint density at radius 2 is 1.69 bits per heavy atom.